The lowest BCUT2D eigenvalue weighted by Gasteiger charge is -2.11. The third-order valence-corrected chi connectivity index (χ3v) is 2.96. The molecule has 2 rings (SSSR count). The lowest BCUT2D eigenvalue weighted by molar-refractivity contribution is 0.178. The zero-order valence-corrected chi connectivity index (χ0v) is 8.94. The Balaban J connectivity index is 1.95. The van der Waals surface area contributed by atoms with Crippen LogP contribution in [0.4, 0.5) is 11.5 Å². The van der Waals surface area contributed by atoms with Gasteiger partial charge >= 0.3 is 0 Å². The van der Waals surface area contributed by atoms with Crippen LogP contribution >= 0.6 is 0 Å². The molecule has 1 saturated carbocycles. The van der Waals surface area contributed by atoms with Gasteiger partial charge in [-0.25, -0.2) is 4.98 Å². The van der Waals surface area contributed by atoms with Crippen molar-refractivity contribution < 1.29 is 5.11 Å². The molecular weight excluding hydrogens is 208 g/mol. The zero-order chi connectivity index (χ0) is 11.5. The number of H-pyrrole nitrogens is 1. The maximum Gasteiger partial charge on any atom is 0.276 e. The summed E-state index contributed by atoms with van der Waals surface area (Å²) in [5.41, 5.74) is 5.36. The molecule has 6 heteroatoms. The second kappa shape index (κ2) is 4.52. The second-order valence-corrected chi connectivity index (χ2v) is 4.21. The highest BCUT2D eigenvalue weighted by atomic mass is 16.3. The molecule has 0 saturated heterocycles. The van der Waals surface area contributed by atoms with Crippen LogP contribution in [0.15, 0.2) is 11.1 Å². The molecule has 2 atom stereocenters. The fraction of sp³-hybridized carbons (Fsp3) is 0.600. The average molecular weight is 224 g/mol. The van der Waals surface area contributed by atoms with Crippen molar-refractivity contribution in [2.24, 2.45) is 5.92 Å². The third-order valence-electron chi connectivity index (χ3n) is 2.96. The number of hydrogen-bond donors (Lipinski definition) is 4. The Labute approximate surface area is 92.9 Å². The first-order valence-electron chi connectivity index (χ1n) is 5.42. The number of aromatic nitrogens is 2. The molecule has 0 aliphatic heterocycles. The Hall–Kier alpha value is -1.56. The Morgan fingerprint density at radius 3 is 3.12 bits per heavy atom. The molecule has 0 radical (unpaired) electrons. The summed E-state index contributed by atoms with van der Waals surface area (Å²) < 4.78 is 0. The molecule has 1 aliphatic rings. The van der Waals surface area contributed by atoms with E-state index in [-0.39, 0.29) is 17.4 Å². The number of hydrogen-bond acceptors (Lipinski definition) is 5. The number of nitrogens with zero attached hydrogens (tertiary/aromatic N) is 1. The molecule has 0 amide bonds. The summed E-state index contributed by atoms with van der Waals surface area (Å²) in [6, 6.07) is 0. The van der Waals surface area contributed by atoms with Crippen molar-refractivity contribution in [2.45, 2.75) is 25.4 Å². The molecule has 1 aromatic rings. The zero-order valence-electron chi connectivity index (χ0n) is 8.94. The summed E-state index contributed by atoms with van der Waals surface area (Å²) in [7, 11) is 0. The van der Waals surface area contributed by atoms with Crippen molar-refractivity contribution in [1.82, 2.24) is 9.97 Å². The van der Waals surface area contributed by atoms with Crippen LogP contribution in [0.25, 0.3) is 0 Å². The van der Waals surface area contributed by atoms with Crippen LogP contribution in [0.1, 0.15) is 19.3 Å². The van der Waals surface area contributed by atoms with Gasteiger partial charge in [0, 0.05) is 6.54 Å². The molecule has 6 nitrogen and oxygen atoms in total. The lowest BCUT2D eigenvalue weighted by Crippen LogP contribution is -2.19. The number of nitrogen functional groups attached to an aromatic ring is 1. The Bertz CT molecular complexity index is 418. The number of nitrogens with one attached hydrogen (secondary N) is 2. The van der Waals surface area contributed by atoms with Crippen molar-refractivity contribution in [3.05, 3.63) is 16.7 Å². The normalized spacial score (nSPS) is 24.6. The number of anilines is 2. The Kier molecular flexibility index (Phi) is 3.09. The standard InChI is InChI=1S/C10H16N4O2/c11-8-9(13-5-14-10(8)16)12-4-6-1-2-7(15)3-6/h5-7,15H,1-4,11H2,(H2,12,13,14,16). The molecule has 1 fully saturated rings. The van der Waals surface area contributed by atoms with E-state index >= 15 is 0 Å². The van der Waals surface area contributed by atoms with Crippen molar-refractivity contribution in [2.75, 3.05) is 17.6 Å². The van der Waals surface area contributed by atoms with Gasteiger partial charge in [0.05, 0.1) is 12.4 Å². The smallest absolute Gasteiger partial charge is 0.276 e. The quantitative estimate of drug-likeness (QED) is 0.575. The van der Waals surface area contributed by atoms with Gasteiger partial charge in [-0.05, 0) is 25.2 Å². The lowest BCUT2D eigenvalue weighted by atomic mass is 10.1. The third kappa shape index (κ3) is 2.33. The van der Waals surface area contributed by atoms with Gasteiger partial charge in [-0.3, -0.25) is 4.79 Å². The summed E-state index contributed by atoms with van der Waals surface area (Å²) >= 11 is 0. The first-order chi connectivity index (χ1) is 7.66. The minimum Gasteiger partial charge on any atom is -0.393 e. The van der Waals surface area contributed by atoms with E-state index in [0.717, 1.165) is 19.3 Å². The molecule has 2 unspecified atom stereocenters. The molecule has 88 valence electrons. The Morgan fingerprint density at radius 1 is 1.62 bits per heavy atom. The van der Waals surface area contributed by atoms with Crippen LogP contribution in [0, 0.1) is 5.92 Å². The van der Waals surface area contributed by atoms with E-state index in [4.69, 9.17) is 5.73 Å². The molecule has 1 aliphatic carbocycles. The van der Waals surface area contributed by atoms with Crippen molar-refractivity contribution in [3.8, 4) is 0 Å². The van der Waals surface area contributed by atoms with Gasteiger partial charge in [0.25, 0.3) is 5.56 Å². The molecule has 16 heavy (non-hydrogen) atoms. The fourth-order valence-electron chi connectivity index (χ4n) is 2.03. The molecule has 1 heterocycles. The SMILES string of the molecule is Nc1c(NCC2CCC(O)C2)nc[nH]c1=O. The van der Waals surface area contributed by atoms with Crippen LogP contribution < -0.4 is 16.6 Å². The molecule has 0 aromatic carbocycles. The first-order valence-corrected chi connectivity index (χ1v) is 5.42. The summed E-state index contributed by atoms with van der Waals surface area (Å²) in [4.78, 5) is 17.6. The van der Waals surface area contributed by atoms with Crippen LogP contribution in [-0.2, 0) is 0 Å². The van der Waals surface area contributed by atoms with E-state index in [1.807, 2.05) is 0 Å². The molecular formula is C10H16N4O2. The summed E-state index contributed by atoms with van der Waals surface area (Å²) in [5.74, 6) is 0.848. The van der Waals surface area contributed by atoms with Gasteiger partial charge in [-0.1, -0.05) is 0 Å². The summed E-state index contributed by atoms with van der Waals surface area (Å²) in [5, 5.41) is 12.4. The van der Waals surface area contributed by atoms with Gasteiger partial charge in [0.15, 0.2) is 5.82 Å². The highest BCUT2D eigenvalue weighted by Crippen LogP contribution is 2.25. The number of nitrogens with two attached hydrogens (primary N) is 1. The number of aliphatic hydroxyl groups excluding tert-OH is 1. The van der Waals surface area contributed by atoms with Crippen molar-refractivity contribution in [3.63, 3.8) is 0 Å². The van der Waals surface area contributed by atoms with Crippen molar-refractivity contribution >= 4 is 11.5 Å². The largest absolute Gasteiger partial charge is 0.393 e. The maximum absolute atomic E-state index is 11.2. The molecule has 0 bridgehead atoms. The van der Waals surface area contributed by atoms with E-state index in [1.54, 1.807) is 0 Å². The number of rotatable bonds is 3. The van der Waals surface area contributed by atoms with Crippen molar-refractivity contribution in [1.29, 1.82) is 0 Å². The molecule has 1 aromatic heterocycles. The van der Waals surface area contributed by atoms with Crippen LogP contribution in [0.3, 0.4) is 0 Å². The van der Waals surface area contributed by atoms with E-state index in [1.165, 1.54) is 6.33 Å². The first kappa shape index (κ1) is 10.9. The van der Waals surface area contributed by atoms with E-state index in [9.17, 15) is 9.90 Å². The van der Waals surface area contributed by atoms with Gasteiger partial charge in [-0.15, -0.1) is 0 Å². The molecule has 0 spiro atoms. The minimum absolute atomic E-state index is 0.112. The monoisotopic (exact) mass is 224 g/mol. The second-order valence-electron chi connectivity index (χ2n) is 4.21. The Morgan fingerprint density at radius 2 is 2.44 bits per heavy atom. The van der Waals surface area contributed by atoms with Gasteiger partial charge in [0.2, 0.25) is 0 Å². The van der Waals surface area contributed by atoms with Crippen LogP contribution in [-0.4, -0.2) is 27.7 Å². The van der Waals surface area contributed by atoms with Gasteiger partial charge in [0.1, 0.15) is 5.69 Å². The van der Waals surface area contributed by atoms with Gasteiger partial charge in [-0.2, -0.15) is 0 Å². The number of aliphatic hydroxyl groups is 1. The molecule has 5 N–H and O–H groups in total. The summed E-state index contributed by atoms with van der Waals surface area (Å²) in [6.45, 7) is 0.692. The topological polar surface area (TPSA) is 104 Å². The number of aromatic amines is 1. The highest BCUT2D eigenvalue weighted by molar-refractivity contribution is 5.58. The average Bonchev–Trinajstić information content (AvgIpc) is 2.67. The van der Waals surface area contributed by atoms with E-state index in [0.29, 0.717) is 18.3 Å². The van der Waals surface area contributed by atoms with E-state index in [2.05, 4.69) is 15.3 Å². The van der Waals surface area contributed by atoms with Crippen LogP contribution in [0.2, 0.25) is 0 Å². The highest BCUT2D eigenvalue weighted by Gasteiger charge is 2.22. The van der Waals surface area contributed by atoms with E-state index < -0.39 is 0 Å². The van der Waals surface area contributed by atoms with Crippen LogP contribution in [0.5, 0.6) is 0 Å². The maximum atomic E-state index is 11.2. The minimum atomic E-state index is -0.330. The van der Waals surface area contributed by atoms with Gasteiger partial charge < -0.3 is 21.1 Å². The predicted molar refractivity (Wildman–Crippen MR) is 61.1 cm³/mol. The fourth-order valence-corrected chi connectivity index (χ4v) is 2.03. The summed E-state index contributed by atoms with van der Waals surface area (Å²) in [6.07, 6.45) is 3.79. The predicted octanol–water partition coefficient (Wildman–Crippen LogP) is -0.0750.